The van der Waals surface area contributed by atoms with E-state index in [0.717, 1.165) is 18.6 Å². The number of amides is 1. The van der Waals surface area contributed by atoms with E-state index in [1.165, 1.54) is 12.5 Å². The molecule has 0 spiro atoms. The third kappa shape index (κ3) is 2.71. The summed E-state index contributed by atoms with van der Waals surface area (Å²) in [6.07, 6.45) is 3.69. The van der Waals surface area contributed by atoms with Crippen molar-refractivity contribution in [1.29, 1.82) is 0 Å². The third-order valence-electron chi connectivity index (χ3n) is 3.08. The lowest BCUT2D eigenvalue weighted by atomic mass is 10.2. The number of allylic oxidation sites excluding steroid dienone is 1. The summed E-state index contributed by atoms with van der Waals surface area (Å²) in [6, 6.07) is 1.65. The third-order valence-corrected chi connectivity index (χ3v) is 3.29. The van der Waals surface area contributed by atoms with Crippen molar-refractivity contribution in [3.63, 3.8) is 0 Å². The zero-order chi connectivity index (χ0) is 15.0. The Hall–Kier alpha value is -2.08. The van der Waals surface area contributed by atoms with Crippen molar-refractivity contribution in [3.8, 4) is 0 Å². The Bertz CT molecular complexity index is 745. The van der Waals surface area contributed by atoms with E-state index in [1.807, 2.05) is 6.92 Å². The SMILES string of the molecule is CCOC(=C1CC1)c1c(NC(C)=O)nn2ccc(Cl)nc12. The maximum atomic E-state index is 11.4. The first-order valence-corrected chi connectivity index (χ1v) is 7.15. The van der Waals surface area contributed by atoms with Crippen LogP contribution in [0.1, 0.15) is 32.3 Å². The van der Waals surface area contributed by atoms with Crippen LogP contribution in [0.4, 0.5) is 5.82 Å². The monoisotopic (exact) mass is 306 g/mol. The number of anilines is 1. The molecule has 1 fully saturated rings. The van der Waals surface area contributed by atoms with Crippen LogP contribution in [0.3, 0.4) is 0 Å². The van der Waals surface area contributed by atoms with Crippen LogP contribution in [-0.4, -0.2) is 27.1 Å². The van der Waals surface area contributed by atoms with Gasteiger partial charge in [0.25, 0.3) is 0 Å². The van der Waals surface area contributed by atoms with Gasteiger partial charge in [-0.2, -0.15) is 0 Å². The topological polar surface area (TPSA) is 68.5 Å². The van der Waals surface area contributed by atoms with Gasteiger partial charge in [0.15, 0.2) is 11.5 Å². The zero-order valence-electron chi connectivity index (χ0n) is 11.8. The van der Waals surface area contributed by atoms with Gasteiger partial charge in [-0.25, -0.2) is 9.50 Å². The highest BCUT2D eigenvalue weighted by molar-refractivity contribution is 6.29. The van der Waals surface area contributed by atoms with Crippen molar-refractivity contribution in [3.05, 3.63) is 28.6 Å². The maximum Gasteiger partial charge on any atom is 0.222 e. The smallest absolute Gasteiger partial charge is 0.222 e. The van der Waals surface area contributed by atoms with E-state index in [2.05, 4.69) is 15.4 Å². The molecule has 0 bridgehead atoms. The van der Waals surface area contributed by atoms with Crippen molar-refractivity contribution in [2.24, 2.45) is 0 Å². The Morgan fingerprint density at radius 3 is 2.90 bits per heavy atom. The molecule has 2 heterocycles. The molecule has 1 aliphatic carbocycles. The van der Waals surface area contributed by atoms with Crippen LogP contribution in [-0.2, 0) is 9.53 Å². The Labute approximate surface area is 126 Å². The van der Waals surface area contributed by atoms with Gasteiger partial charge in [-0.3, -0.25) is 4.79 Å². The number of hydrogen-bond acceptors (Lipinski definition) is 4. The van der Waals surface area contributed by atoms with E-state index >= 15 is 0 Å². The minimum Gasteiger partial charge on any atom is -0.493 e. The molecule has 1 aliphatic rings. The van der Waals surface area contributed by atoms with Crippen molar-refractivity contribution in [1.82, 2.24) is 14.6 Å². The molecule has 0 aromatic carbocycles. The molecule has 0 aliphatic heterocycles. The van der Waals surface area contributed by atoms with Crippen LogP contribution in [0.5, 0.6) is 0 Å². The maximum absolute atomic E-state index is 11.4. The highest BCUT2D eigenvalue weighted by atomic mass is 35.5. The standard InChI is InChI=1S/C14H15ClN4O2/c1-3-21-12(9-4-5-9)11-13(16-8(2)20)18-19-7-6-10(15)17-14(11)19/h6-7H,3-5H2,1-2H3,(H,16,18,20). The minimum absolute atomic E-state index is 0.192. The second-order valence-electron chi connectivity index (χ2n) is 4.79. The molecule has 0 saturated heterocycles. The van der Waals surface area contributed by atoms with Gasteiger partial charge < -0.3 is 10.1 Å². The first-order chi connectivity index (χ1) is 10.1. The van der Waals surface area contributed by atoms with Crippen molar-refractivity contribution in [2.75, 3.05) is 11.9 Å². The van der Waals surface area contributed by atoms with Crippen molar-refractivity contribution in [2.45, 2.75) is 26.7 Å². The van der Waals surface area contributed by atoms with Gasteiger partial charge in [-0.15, -0.1) is 5.10 Å². The lowest BCUT2D eigenvalue weighted by Crippen LogP contribution is -2.08. The van der Waals surface area contributed by atoms with Crippen LogP contribution >= 0.6 is 11.6 Å². The Morgan fingerprint density at radius 1 is 1.52 bits per heavy atom. The molecule has 6 nitrogen and oxygen atoms in total. The van der Waals surface area contributed by atoms with Crippen LogP contribution < -0.4 is 5.32 Å². The first-order valence-electron chi connectivity index (χ1n) is 6.77. The summed E-state index contributed by atoms with van der Waals surface area (Å²) in [6.45, 7) is 3.90. The fraction of sp³-hybridized carbons (Fsp3) is 0.357. The second-order valence-corrected chi connectivity index (χ2v) is 5.18. The van der Waals surface area contributed by atoms with Crippen LogP contribution in [0.25, 0.3) is 11.4 Å². The van der Waals surface area contributed by atoms with Gasteiger partial charge >= 0.3 is 0 Å². The number of nitrogens with zero attached hydrogens (tertiary/aromatic N) is 3. The predicted molar refractivity (Wildman–Crippen MR) is 80.1 cm³/mol. The fourth-order valence-electron chi connectivity index (χ4n) is 2.16. The number of halogens is 1. The first kappa shape index (κ1) is 13.9. The molecule has 1 amide bonds. The van der Waals surface area contributed by atoms with Crippen LogP contribution in [0.15, 0.2) is 17.8 Å². The van der Waals surface area contributed by atoms with E-state index < -0.39 is 0 Å². The highest BCUT2D eigenvalue weighted by Crippen LogP contribution is 2.40. The van der Waals surface area contributed by atoms with Gasteiger partial charge in [0.1, 0.15) is 16.5 Å². The molecule has 3 rings (SSSR count). The van der Waals surface area contributed by atoms with Gasteiger partial charge in [-0.1, -0.05) is 11.6 Å². The Morgan fingerprint density at radius 2 is 2.29 bits per heavy atom. The molecule has 0 radical (unpaired) electrons. The van der Waals surface area contributed by atoms with Gasteiger partial charge in [-0.05, 0) is 31.4 Å². The average molecular weight is 307 g/mol. The molecule has 1 saturated carbocycles. The molecule has 7 heteroatoms. The second kappa shape index (κ2) is 5.37. The Kier molecular flexibility index (Phi) is 3.55. The summed E-state index contributed by atoms with van der Waals surface area (Å²) in [5, 5.41) is 7.46. The van der Waals surface area contributed by atoms with E-state index in [4.69, 9.17) is 16.3 Å². The summed E-state index contributed by atoms with van der Waals surface area (Å²) in [5.41, 5.74) is 2.48. The minimum atomic E-state index is -0.192. The number of nitrogens with one attached hydrogen (secondary N) is 1. The molecule has 21 heavy (non-hydrogen) atoms. The molecule has 0 atom stereocenters. The van der Waals surface area contributed by atoms with Crippen LogP contribution in [0.2, 0.25) is 5.15 Å². The predicted octanol–water partition coefficient (Wildman–Crippen LogP) is 2.88. The fourth-order valence-corrected chi connectivity index (χ4v) is 2.29. The zero-order valence-corrected chi connectivity index (χ0v) is 12.6. The molecular weight excluding hydrogens is 292 g/mol. The van der Waals surface area contributed by atoms with Crippen molar-refractivity contribution < 1.29 is 9.53 Å². The quantitative estimate of drug-likeness (QED) is 0.696. The lowest BCUT2D eigenvalue weighted by molar-refractivity contribution is -0.114. The molecule has 2 aromatic rings. The summed E-state index contributed by atoms with van der Waals surface area (Å²) in [7, 11) is 0. The lowest BCUT2D eigenvalue weighted by Gasteiger charge is -2.09. The van der Waals surface area contributed by atoms with Gasteiger partial charge in [0, 0.05) is 13.1 Å². The average Bonchev–Trinajstić information content (AvgIpc) is 3.19. The summed E-state index contributed by atoms with van der Waals surface area (Å²) in [4.78, 5) is 15.7. The summed E-state index contributed by atoms with van der Waals surface area (Å²) in [5.74, 6) is 1.01. The number of ether oxygens (including phenoxy) is 1. The number of carbonyl (C=O) groups excluding carboxylic acids is 1. The number of carbonyl (C=O) groups is 1. The molecule has 2 aromatic heterocycles. The van der Waals surface area contributed by atoms with Crippen molar-refractivity contribution >= 4 is 34.7 Å². The van der Waals surface area contributed by atoms with E-state index in [-0.39, 0.29) is 5.91 Å². The molecular formula is C14H15ClN4O2. The normalized spacial score (nSPS) is 13.4. The highest BCUT2D eigenvalue weighted by Gasteiger charge is 2.27. The number of fused-ring (bicyclic) bond motifs is 1. The number of hydrogen-bond donors (Lipinski definition) is 1. The van der Waals surface area contributed by atoms with Gasteiger partial charge in [0.05, 0.1) is 6.61 Å². The molecule has 110 valence electrons. The molecule has 0 unspecified atom stereocenters. The molecule has 1 N–H and O–H groups in total. The largest absolute Gasteiger partial charge is 0.493 e. The van der Waals surface area contributed by atoms with Gasteiger partial charge in [0.2, 0.25) is 5.91 Å². The van der Waals surface area contributed by atoms with E-state index in [9.17, 15) is 4.79 Å². The number of rotatable bonds is 4. The summed E-state index contributed by atoms with van der Waals surface area (Å²) >= 11 is 5.99. The summed E-state index contributed by atoms with van der Waals surface area (Å²) < 4.78 is 7.36. The van der Waals surface area contributed by atoms with E-state index in [1.54, 1.807) is 16.8 Å². The van der Waals surface area contributed by atoms with Crippen LogP contribution in [0, 0.1) is 0 Å². The van der Waals surface area contributed by atoms with E-state index in [0.29, 0.717) is 28.8 Å². The number of aromatic nitrogens is 3. The Balaban J connectivity index is 2.23.